The van der Waals surface area contributed by atoms with E-state index in [1.54, 1.807) is 12.1 Å². The molecule has 0 amide bonds. The molecule has 192 valence electrons. The van der Waals surface area contributed by atoms with Crippen LogP contribution in [0.3, 0.4) is 0 Å². The van der Waals surface area contributed by atoms with Gasteiger partial charge in [-0.25, -0.2) is 4.79 Å². The Hall–Kier alpha value is -3.68. The zero-order valence-corrected chi connectivity index (χ0v) is 18.9. The van der Waals surface area contributed by atoms with Crippen LogP contribution in [0.4, 0.5) is 0 Å². The van der Waals surface area contributed by atoms with Crippen LogP contribution in [-0.2, 0) is 14.3 Å². The molecule has 0 bridgehead atoms. The third-order valence-electron chi connectivity index (χ3n) is 5.66. The highest BCUT2D eigenvalue weighted by Gasteiger charge is 2.45. The van der Waals surface area contributed by atoms with Crippen molar-refractivity contribution in [2.24, 2.45) is 0 Å². The van der Waals surface area contributed by atoms with Gasteiger partial charge in [-0.3, -0.25) is 4.79 Å². The Bertz CT molecular complexity index is 1280. The molecular formula is C24H24O12. The Kier molecular flexibility index (Phi) is 7.43. The Morgan fingerprint density at radius 3 is 2.42 bits per heavy atom. The van der Waals surface area contributed by atoms with Crippen LogP contribution in [-0.4, -0.2) is 82.5 Å². The molecule has 5 atom stereocenters. The molecular weight excluding hydrogens is 480 g/mol. The van der Waals surface area contributed by atoms with Crippen LogP contribution in [0.15, 0.2) is 51.9 Å². The number of aliphatic hydroxyl groups excluding tert-OH is 3. The molecule has 2 aromatic carbocycles. The predicted molar refractivity (Wildman–Crippen MR) is 122 cm³/mol. The number of phenolic OH excluding ortho intramolecular Hbond substituents is 1. The minimum Gasteiger partial charge on any atom is -0.508 e. The predicted octanol–water partition coefficient (Wildman–Crippen LogP) is 0.462. The number of fused-ring (bicyclic) bond motifs is 1. The van der Waals surface area contributed by atoms with E-state index in [4.69, 9.17) is 28.5 Å². The van der Waals surface area contributed by atoms with Crippen molar-refractivity contribution in [3.63, 3.8) is 0 Å². The number of aliphatic carboxylic acids is 1. The van der Waals surface area contributed by atoms with Gasteiger partial charge in [0.25, 0.3) is 0 Å². The summed E-state index contributed by atoms with van der Waals surface area (Å²) in [5.74, 6) is -1.09. The SMILES string of the molecule is COc1cc2c(=O)c(-c3ccc(O)cc3)coc2cc1O[C@@H]1O[C@H](COCC(=O)O)[C@@H](O)[C@H](O)[C@H]1O. The third-order valence-corrected chi connectivity index (χ3v) is 5.66. The number of phenols is 1. The van der Waals surface area contributed by atoms with E-state index in [1.807, 2.05) is 0 Å². The monoisotopic (exact) mass is 504 g/mol. The maximum Gasteiger partial charge on any atom is 0.329 e. The first-order valence-corrected chi connectivity index (χ1v) is 10.8. The molecule has 0 unspecified atom stereocenters. The van der Waals surface area contributed by atoms with Crippen molar-refractivity contribution in [2.45, 2.75) is 30.7 Å². The molecule has 5 N–H and O–H groups in total. The molecule has 4 rings (SSSR count). The van der Waals surface area contributed by atoms with Crippen molar-refractivity contribution in [2.75, 3.05) is 20.3 Å². The van der Waals surface area contributed by atoms with Gasteiger partial charge in [0.1, 0.15) is 48.6 Å². The number of benzene rings is 2. The summed E-state index contributed by atoms with van der Waals surface area (Å²) in [5.41, 5.74) is 0.552. The summed E-state index contributed by atoms with van der Waals surface area (Å²) in [7, 11) is 1.33. The fourth-order valence-electron chi connectivity index (χ4n) is 3.77. The van der Waals surface area contributed by atoms with Gasteiger partial charge in [0.05, 0.1) is 24.7 Å². The lowest BCUT2D eigenvalue weighted by molar-refractivity contribution is -0.279. The highest BCUT2D eigenvalue weighted by atomic mass is 16.7. The molecule has 3 aromatic rings. The second kappa shape index (κ2) is 10.5. The van der Waals surface area contributed by atoms with Crippen molar-refractivity contribution in [3.8, 4) is 28.4 Å². The minimum absolute atomic E-state index is 0.00313. The van der Waals surface area contributed by atoms with Gasteiger partial charge >= 0.3 is 5.97 Å². The molecule has 1 saturated heterocycles. The molecule has 0 aliphatic carbocycles. The summed E-state index contributed by atoms with van der Waals surface area (Å²) in [6.07, 6.45) is -6.38. The summed E-state index contributed by atoms with van der Waals surface area (Å²) >= 11 is 0. The van der Waals surface area contributed by atoms with Gasteiger partial charge in [-0.15, -0.1) is 0 Å². The fourth-order valence-corrected chi connectivity index (χ4v) is 3.77. The topological polar surface area (TPSA) is 185 Å². The lowest BCUT2D eigenvalue weighted by Gasteiger charge is -2.40. The molecule has 0 spiro atoms. The molecule has 12 heteroatoms. The van der Waals surface area contributed by atoms with Crippen molar-refractivity contribution in [1.82, 2.24) is 0 Å². The van der Waals surface area contributed by atoms with Gasteiger partial charge in [-0.05, 0) is 23.8 Å². The largest absolute Gasteiger partial charge is 0.508 e. The van der Waals surface area contributed by atoms with Crippen molar-refractivity contribution >= 4 is 16.9 Å². The summed E-state index contributed by atoms with van der Waals surface area (Å²) in [6.45, 7) is -1.04. The zero-order chi connectivity index (χ0) is 26.0. The van der Waals surface area contributed by atoms with Gasteiger partial charge in [0.15, 0.2) is 11.5 Å². The molecule has 36 heavy (non-hydrogen) atoms. The van der Waals surface area contributed by atoms with E-state index in [-0.39, 0.29) is 45.8 Å². The number of hydrogen-bond donors (Lipinski definition) is 5. The summed E-state index contributed by atoms with van der Waals surface area (Å²) in [4.78, 5) is 23.8. The second-order valence-electron chi connectivity index (χ2n) is 8.07. The first-order chi connectivity index (χ1) is 17.2. The number of carbonyl (C=O) groups is 1. The number of rotatable bonds is 8. The molecule has 1 aliphatic heterocycles. The average molecular weight is 504 g/mol. The first kappa shape index (κ1) is 25.4. The molecule has 2 heterocycles. The zero-order valence-electron chi connectivity index (χ0n) is 18.9. The molecule has 1 aliphatic rings. The second-order valence-corrected chi connectivity index (χ2v) is 8.07. The Balaban J connectivity index is 1.62. The van der Waals surface area contributed by atoms with E-state index >= 15 is 0 Å². The van der Waals surface area contributed by atoms with Crippen molar-refractivity contribution in [1.29, 1.82) is 0 Å². The van der Waals surface area contributed by atoms with Crippen molar-refractivity contribution in [3.05, 3.63) is 52.9 Å². The third kappa shape index (κ3) is 5.12. The van der Waals surface area contributed by atoms with Crippen LogP contribution in [0.1, 0.15) is 0 Å². The Labute approximate surface area is 203 Å². The van der Waals surface area contributed by atoms with Crippen LogP contribution < -0.4 is 14.9 Å². The maximum absolute atomic E-state index is 13.1. The summed E-state index contributed by atoms with van der Waals surface area (Å²) in [5, 5.41) is 49.1. The number of aliphatic hydroxyl groups is 3. The van der Waals surface area contributed by atoms with E-state index < -0.39 is 43.3 Å². The van der Waals surface area contributed by atoms with Crippen LogP contribution in [0, 0.1) is 0 Å². The molecule has 12 nitrogen and oxygen atoms in total. The summed E-state index contributed by atoms with van der Waals surface area (Å²) < 4.78 is 27.1. The van der Waals surface area contributed by atoms with Gasteiger partial charge in [0, 0.05) is 6.07 Å². The maximum atomic E-state index is 13.1. The minimum atomic E-state index is -1.68. The highest BCUT2D eigenvalue weighted by Crippen LogP contribution is 2.35. The van der Waals surface area contributed by atoms with E-state index in [2.05, 4.69) is 0 Å². The standard InChI is InChI=1S/C24H24O12/c1-32-16-6-13-15(34-8-14(20(13)28)11-2-4-12(25)5-3-11)7-17(16)35-24-23(31)22(30)21(29)18(36-24)9-33-10-19(26)27/h2-8,18,21-25,29-31H,9-10H2,1H3,(H,26,27)/t18-,21-,22+,23-,24-/m1/s1. The van der Waals surface area contributed by atoms with E-state index in [0.29, 0.717) is 5.56 Å². The first-order valence-electron chi connectivity index (χ1n) is 10.8. The molecule has 1 fully saturated rings. The number of carboxylic acid groups (broad SMARTS) is 1. The molecule has 1 aromatic heterocycles. The molecule has 0 saturated carbocycles. The quantitative estimate of drug-likeness (QED) is 0.286. The van der Waals surface area contributed by atoms with Gasteiger partial charge in [-0.2, -0.15) is 0 Å². The number of carboxylic acids is 1. The van der Waals surface area contributed by atoms with E-state index in [0.717, 1.165) is 0 Å². The lowest BCUT2D eigenvalue weighted by atomic mass is 9.99. The number of methoxy groups -OCH3 is 1. The van der Waals surface area contributed by atoms with Gasteiger partial charge in [-0.1, -0.05) is 12.1 Å². The normalized spacial score (nSPS) is 23.9. The number of ether oxygens (including phenoxy) is 4. The lowest BCUT2D eigenvalue weighted by Crippen LogP contribution is -2.60. The Morgan fingerprint density at radius 1 is 1.03 bits per heavy atom. The number of aromatic hydroxyl groups is 1. The van der Waals surface area contributed by atoms with Crippen molar-refractivity contribution < 1.29 is 53.7 Å². The highest BCUT2D eigenvalue weighted by molar-refractivity contribution is 5.84. The molecule has 0 radical (unpaired) electrons. The van der Waals surface area contributed by atoms with Crippen LogP contribution in [0.2, 0.25) is 0 Å². The Morgan fingerprint density at radius 2 is 1.75 bits per heavy atom. The van der Waals surface area contributed by atoms with Gasteiger partial charge < -0.3 is 48.9 Å². The summed E-state index contributed by atoms with van der Waals surface area (Å²) in [6, 6.07) is 8.75. The van der Waals surface area contributed by atoms with Gasteiger partial charge in [0.2, 0.25) is 11.7 Å². The average Bonchev–Trinajstić information content (AvgIpc) is 2.86. The van der Waals surface area contributed by atoms with Crippen LogP contribution in [0.25, 0.3) is 22.1 Å². The van der Waals surface area contributed by atoms with Crippen LogP contribution >= 0.6 is 0 Å². The van der Waals surface area contributed by atoms with E-state index in [1.165, 1.54) is 37.6 Å². The fraction of sp³-hybridized carbons (Fsp3) is 0.333. The van der Waals surface area contributed by atoms with E-state index in [9.17, 15) is 30.0 Å². The smallest absolute Gasteiger partial charge is 0.329 e. The number of hydrogen-bond acceptors (Lipinski definition) is 11. The van der Waals surface area contributed by atoms with Crippen LogP contribution in [0.5, 0.6) is 17.2 Å².